The maximum Gasteiger partial charge on any atom is 0.394 e. The van der Waals surface area contributed by atoms with Gasteiger partial charge in [-0.25, -0.2) is 4.79 Å². The summed E-state index contributed by atoms with van der Waals surface area (Å²) in [7, 11) is -4.67. The molecule has 3 rings (SSSR count). The summed E-state index contributed by atoms with van der Waals surface area (Å²) >= 11 is 0. The molecule has 0 aromatic heterocycles. The number of hydrazone groups is 1. The molecular formula is C21H26N2O6S. The number of aromatic carboxylic acids is 1. The van der Waals surface area contributed by atoms with Gasteiger partial charge >= 0.3 is 16.4 Å². The van der Waals surface area contributed by atoms with Crippen LogP contribution < -0.4 is 5.43 Å². The van der Waals surface area contributed by atoms with E-state index in [1.165, 1.54) is 37.7 Å². The van der Waals surface area contributed by atoms with Gasteiger partial charge in [0.25, 0.3) is 0 Å². The number of nitrogens with zero attached hydrogens (tertiary/aromatic N) is 1. The third kappa shape index (κ3) is 8.32. The van der Waals surface area contributed by atoms with Crippen molar-refractivity contribution in [2.24, 2.45) is 5.10 Å². The van der Waals surface area contributed by atoms with Crippen LogP contribution in [-0.2, 0) is 10.4 Å². The molecule has 0 heterocycles. The molecule has 1 fully saturated rings. The first-order valence-electron chi connectivity index (χ1n) is 9.57. The standard InChI is InChI=1S/C21H24N2O2.H2O4S/c1-15(22-23-20-13-11-19(12-14-20)21(24)25)16-7-9-18(10-8-16)17-5-3-2-4-6-17;1-5(2,3)4/h7-14,17,23H,2-6H2,1H3,(H,24,25);(H2,1,2,3,4). The van der Waals surface area contributed by atoms with Crippen molar-refractivity contribution < 1.29 is 27.4 Å². The van der Waals surface area contributed by atoms with E-state index >= 15 is 0 Å². The zero-order valence-corrected chi connectivity index (χ0v) is 17.5. The summed E-state index contributed by atoms with van der Waals surface area (Å²) in [4.78, 5) is 10.9. The Hall–Kier alpha value is -2.75. The molecule has 1 saturated carbocycles. The molecule has 162 valence electrons. The van der Waals surface area contributed by atoms with Crippen molar-refractivity contribution in [2.45, 2.75) is 44.9 Å². The second kappa shape index (κ2) is 10.9. The number of benzene rings is 2. The highest BCUT2D eigenvalue weighted by Gasteiger charge is 2.15. The van der Waals surface area contributed by atoms with Crippen molar-refractivity contribution in [3.63, 3.8) is 0 Å². The molecule has 0 bridgehead atoms. The Kier molecular flexibility index (Phi) is 8.52. The largest absolute Gasteiger partial charge is 0.478 e. The molecule has 1 aliphatic carbocycles. The van der Waals surface area contributed by atoms with E-state index in [-0.39, 0.29) is 5.56 Å². The summed E-state index contributed by atoms with van der Waals surface area (Å²) in [6, 6.07) is 15.3. The highest BCUT2D eigenvalue weighted by atomic mass is 32.3. The van der Waals surface area contributed by atoms with E-state index < -0.39 is 16.4 Å². The average molecular weight is 435 g/mol. The minimum absolute atomic E-state index is 0.268. The molecule has 0 aliphatic heterocycles. The lowest BCUT2D eigenvalue weighted by Gasteiger charge is -2.22. The van der Waals surface area contributed by atoms with Crippen LogP contribution >= 0.6 is 0 Å². The Morgan fingerprint density at radius 3 is 1.93 bits per heavy atom. The quantitative estimate of drug-likeness (QED) is 0.306. The zero-order valence-electron chi connectivity index (χ0n) is 16.7. The van der Waals surface area contributed by atoms with E-state index in [0.717, 1.165) is 17.0 Å². The topological polar surface area (TPSA) is 136 Å². The van der Waals surface area contributed by atoms with Gasteiger partial charge in [-0.3, -0.25) is 14.5 Å². The first-order chi connectivity index (χ1) is 14.1. The van der Waals surface area contributed by atoms with E-state index in [1.54, 1.807) is 24.3 Å². The Morgan fingerprint density at radius 1 is 0.933 bits per heavy atom. The van der Waals surface area contributed by atoms with Crippen molar-refractivity contribution in [3.05, 3.63) is 65.2 Å². The summed E-state index contributed by atoms with van der Waals surface area (Å²) < 4.78 is 31.6. The van der Waals surface area contributed by atoms with Gasteiger partial charge in [-0.2, -0.15) is 13.5 Å². The second-order valence-corrected chi connectivity index (χ2v) is 7.99. The van der Waals surface area contributed by atoms with Crippen molar-refractivity contribution in [3.8, 4) is 0 Å². The number of hydrogen-bond acceptors (Lipinski definition) is 5. The maximum absolute atomic E-state index is 10.9. The molecule has 4 N–H and O–H groups in total. The van der Waals surface area contributed by atoms with Crippen LogP contribution in [0, 0.1) is 0 Å². The van der Waals surface area contributed by atoms with Gasteiger partial charge in [0.05, 0.1) is 17.0 Å². The fourth-order valence-corrected chi connectivity index (χ4v) is 3.33. The Labute approximate surface area is 176 Å². The van der Waals surface area contributed by atoms with Crippen LogP contribution in [-0.4, -0.2) is 34.3 Å². The van der Waals surface area contributed by atoms with Crippen LogP contribution in [0.5, 0.6) is 0 Å². The van der Waals surface area contributed by atoms with Crippen molar-refractivity contribution >= 4 is 27.8 Å². The van der Waals surface area contributed by atoms with Gasteiger partial charge in [-0.1, -0.05) is 43.5 Å². The first kappa shape index (κ1) is 23.5. The fourth-order valence-electron chi connectivity index (χ4n) is 3.33. The molecule has 0 unspecified atom stereocenters. The summed E-state index contributed by atoms with van der Waals surface area (Å²) in [6.45, 7) is 1.97. The number of carbonyl (C=O) groups is 1. The van der Waals surface area contributed by atoms with Gasteiger partial charge in [-0.15, -0.1) is 0 Å². The predicted molar refractivity (Wildman–Crippen MR) is 116 cm³/mol. The maximum atomic E-state index is 10.9. The number of anilines is 1. The molecule has 0 saturated heterocycles. The number of carboxylic acids is 1. The summed E-state index contributed by atoms with van der Waals surface area (Å²) in [5.74, 6) is -0.213. The van der Waals surface area contributed by atoms with Crippen LogP contribution in [0.2, 0.25) is 0 Å². The third-order valence-corrected chi connectivity index (χ3v) is 4.89. The van der Waals surface area contributed by atoms with Crippen molar-refractivity contribution in [1.82, 2.24) is 0 Å². The highest BCUT2D eigenvalue weighted by Crippen LogP contribution is 2.32. The van der Waals surface area contributed by atoms with Gasteiger partial charge in [0, 0.05) is 0 Å². The summed E-state index contributed by atoms with van der Waals surface area (Å²) in [5, 5.41) is 13.3. The van der Waals surface area contributed by atoms with Crippen LogP contribution in [0.25, 0.3) is 0 Å². The smallest absolute Gasteiger partial charge is 0.394 e. The Bertz CT molecular complexity index is 956. The molecule has 0 spiro atoms. The summed E-state index contributed by atoms with van der Waals surface area (Å²) in [6.07, 6.45) is 6.68. The van der Waals surface area contributed by atoms with E-state index in [2.05, 4.69) is 34.8 Å². The molecule has 0 radical (unpaired) electrons. The van der Waals surface area contributed by atoms with Crippen LogP contribution in [0.15, 0.2) is 53.6 Å². The molecule has 30 heavy (non-hydrogen) atoms. The molecule has 2 aromatic carbocycles. The first-order valence-corrected chi connectivity index (χ1v) is 11.0. The molecule has 1 aliphatic rings. The number of carboxylic acid groups (broad SMARTS) is 1. The zero-order chi connectivity index (χ0) is 22.1. The van der Waals surface area contributed by atoms with Crippen LogP contribution in [0.3, 0.4) is 0 Å². The van der Waals surface area contributed by atoms with Gasteiger partial charge < -0.3 is 5.11 Å². The number of hydrogen-bond donors (Lipinski definition) is 4. The van der Waals surface area contributed by atoms with Gasteiger partial charge in [0.1, 0.15) is 0 Å². The van der Waals surface area contributed by atoms with E-state index in [1.807, 2.05) is 6.92 Å². The lowest BCUT2D eigenvalue weighted by Crippen LogP contribution is -2.05. The normalized spacial score (nSPS) is 15.1. The number of nitrogens with one attached hydrogen (secondary N) is 1. The monoisotopic (exact) mass is 434 g/mol. The third-order valence-electron chi connectivity index (χ3n) is 4.89. The SMILES string of the molecule is CC(=NNc1ccc(C(=O)O)cc1)c1ccc(C2CCCCC2)cc1.O=S(=O)(O)O. The molecule has 0 amide bonds. The van der Waals surface area contributed by atoms with Crippen molar-refractivity contribution in [2.75, 3.05) is 5.43 Å². The van der Waals surface area contributed by atoms with Gasteiger partial charge in [-0.05, 0) is 61.1 Å². The van der Waals surface area contributed by atoms with Gasteiger partial charge in [0.2, 0.25) is 0 Å². The molecule has 0 atom stereocenters. The summed E-state index contributed by atoms with van der Waals surface area (Å²) in [5.41, 5.74) is 7.45. The lowest BCUT2D eigenvalue weighted by molar-refractivity contribution is 0.0697. The average Bonchev–Trinajstić information content (AvgIpc) is 2.72. The van der Waals surface area contributed by atoms with Gasteiger partial charge in [0.15, 0.2) is 0 Å². The van der Waals surface area contributed by atoms with Crippen LogP contribution in [0.1, 0.15) is 66.4 Å². The van der Waals surface area contributed by atoms with E-state index in [0.29, 0.717) is 5.92 Å². The second-order valence-electron chi connectivity index (χ2n) is 7.10. The highest BCUT2D eigenvalue weighted by molar-refractivity contribution is 7.79. The fraction of sp³-hybridized carbons (Fsp3) is 0.333. The predicted octanol–water partition coefficient (Wildman–Crippen LogP) is 4.62. The molecule has 8 nitrogen and oxygen atoms in total. The molecule has 9 heteroatoms. The van der Waals surface area contributed by atoms with Crippen LogP contribution in [0.4, 0.5) is 5.69 Å². The minimum atomic E-state index is -4.67. The minimum Gasteiger partial charge on any atom is -0.478 e. The lowest BCUT2D eigenvalue weighted by atomic mass is 9.84. The molecular weight excluding hydrogens is 408 g/mol. The number of rotatable bonds is 5. The van der Waals surface area contributed by atoms with E-state index in [4.69, 9.17) is 22.6 Å². The Morgan fingerprint density at radius 2 is 1.43 bits per heavy atom. The van der Waals surface area contributed by atoms with E-state index in [9.17, 15) is 4.79 Å². The van der Waals surface area contributed by atoms with Crippen molar-refractivity contribution in [1.29, 1.82) is 0 Å². The molecule has 2 aromatic rings. The Balaban J connectivity index is 0.000000575.